The summed E-state index contributed by atoms with van der Waals surface area (Å²) >= 11 is 0. The molecule has 0 radical (unpaired) electrons. The Morgan fingerprint density at radius 1 is 1.17 bits per heavy atom. The molecule has 0 amide bonds. The Balaban J connectivity index is 2.16. The van der Waals surface area contributed by atoms with E-state index in [1.807, 2.05) is 25.1 Å². The van der Waals surface area contributed by atoms with E-state index in [2.05, 4.69) is 37.9 Å². The van der Waals surface area contributed by atoms with Crippen LogP contribution in [0, 0.1) is 11.8 Å². The smallest absolute Gasteiger partial charge is 0.179 e. The number of ether oxygens (including phenoxy) is 1. The van der Waals surface area contributed by atoms with Gasteiger partial charge in [-0.1, -0.05) is 27.7 Å². The number of carbonyl (C=O) groups excluding carboxylic acids is 1. The van der Waals surface area contributed by atoms with Gasteiger partial charge in [-0.05, 0) is 37.0 Å². The van der Waals surface area contributed by atoms with Crippen LogP contribution in [0.15, 0.2) is 18.2 Å². The van der Waals surface area contributed by atoms with Gasteiger partial charge in [0.15, 0.2) is 5.78 Å². The number of benzene rings is 1. The standard InChI is InChI=1S/C19H30N2O2/c1-13(2)11-21(12-14(3)4)15(5)19(22)16-6-7-18-17(10-16)20-8-9-23-18/h6-7,10,13-15,20H,8-9,11-12H2,1-5H3. The molecule has 0 saturated carbocycles. The number of hydrogen-bond acceptors (Lipinski definition) is 4. The Bertz CT molecular complexity index is 530. The maximum atomic E-state index is 12.9. The fourth-order valence-electron chi connectivity index (χ4n) is 3.03. The van der Waals surface area contributed by atoms with E-state index >= 15 is 0 Å². The highest BCUT2D eigenvalue weighted by molar-refractivity contribution is 6.01. The van der Waals surface area contributed by atoms with E-state index < -0.39 is 0 Å². The molecule has 0 saturated heterocycles. The predicted octanol–water partition coefficient (Wildman–Crippen LogP) is 3.68. The van der Waals surface area contributed by atoms with Crippen LogP contribution in [0.2, 0.25) is 0 Å². The van der Waals surface area contributed by atoms with Crippen molar-refractivity contribution >= 4 is 11.5 Å². The number of nitrogens with one attached hydrogen (secondary N) is 1. The van der Waals surface area contributed by atoms with E-state index in [-0.39, 0.29) is 11.8 Å². The van der Waals surface area contributed by atoms with Crippen LogP contribution in [0.3, 0.4) is 0 Å². The molecule has 1 aromatic rings. The summed E-state index contributed by atoms with van der Waals surface area (Å²) in [5.41, 5.74) is 1.68. The Hall–Kier alpha value is -1.55. The lowest BCUT2D eigenvalue weighted by Gasteiger charge is -2.31. The Morgan fingerprint density at radius 3 is 2.43 bits per heavy atom. The van der Waals surface area contributed by atoms with Crippen LogP contribution in [0.4, 0.5) is 5.69 Å². The van der Waals surface area contributed by atoms with Crippen LogP contribution < -0.4 is 10.1 Å². The fraction of sp³-hybridized carbons (Fsp3) is 0.632. The van der Waals surface area contributed by atoms with Gasteiger partial charge in [0.25, 0.3) is 0 Å². The topological polar surface area (TPSA) is 41.6 Å². The monoisotopic (exact) mass is 318 g/mol. The van der Waals surface area contributed by atoms with Gasteiger partial charge in [-0.3, -0.25) is 9.69 Å². The lowest BCUT2D eigenvalue weighted by Crippen LogP contribution is -2.43. The highest BCUT2D eigenvalue weighted by atomic mass is 16.5. The second kappa shape index (κ2) is 7.82. The minimum Gasteiger partial charge on any atom is -0.490 e. The maximum absolute atomic E-state index is 12.9. The lowest BCUT2D eigenvalue weighted by atomic mass is 10.0. The maximum Gasteiger partial charge on any atom is 0.179 e. The average molecular weight is 318 g/mol. The number of ketones is 1. The van der Waals surface area contributed by atoms with Crippen molar-refractivity contribution in [1.29, 1.82) is 0 Å². The lowest BCUT2D eigenvalue weighted by molar-refractivity contribution is 0.0801. The number of Topliss-reactive ketones (excluding diaryl/α,β-unsaturated/α-hetero) is 1. The fourth-order valence-corrected chi connectivity index (χ4v) is 3.03. The minimum absolute atomic E-state index is 0.109. The number of fused-ring (bicyclic) bond motifs is 1. The van der Waals surface area contributed by atoms with E-state index in [0.29, 0.717) is 18.4 Å². The molecule has 0 aromatic heterocycles. The van der Waals surface area contributed by atoms with Gasteiger partial charge in [-0.2, -0.15) is 0 Å². The highest BCUT2D eigenvalue weighted by Crippen LogP contribution is 2.29. The molecule has 1 aromatic carbocycles. The quantitative estimate of drug-likeness (QED) is 0.779. The number of rotatable bonds is 7. The van der Waals surface area contributed by atoms with Gasteiger partial charge in [-0.15, -0.1) is 0 Å². The molecular weight excluding hydrogens is 288 g/mol. The molecule has 0 aliphatic carbocycles. The number of nitrogens with zero attached hydrogens (tertiary/aromatic N) is 1. The molecule has 1 atom stereocenters. The first-order chi connectivity index (χ1) is 10.9. The predicted molar refractivity (Wildman–Crippen MR) is 95.5 cm³/mol. The van der Waals surface area contributed by atoms with Gasteiger partial charge >= 0.3 is 0 Å². The Labute approximate surface area is 140 Å². The third-order valence-corrected chi connectivity index (χ3v) is 4.07. The first-order valence-electron chi connectivity index (χ1n) is 8.67. The van der Waals surface area contributed by atoms with Crippen molar-refractivity contribution in [2.75, 3.05) is 31.6 Å². The molecule has 1 aliphatic heterocycles. The summed E-state index contributed by atoms with van der Waals surface area (Å²) in [6.07, 6.45) is 0. The van der Waals surface area contributed by atoms with Crippen molar-refractivity contribution in [2.45, 2.75) is 40.7 Å². The number of carbonyl (C=O) groups is 1. The SMILES string of the molecule is CC(C)CN(CC(C)C)C(C)C(=O)c1ccc2c(c1)NCCO2. The highest BCUT2D eigenvalue weighted by Gasteiger charge is 2.24. The van der Waals surface area contributed by atoms with Crippen LogP contribution in [0.1, 0.15) is 45.0 Å². The van der Waals surface area contributed by atoms with Gasteiger partial charge < -0.3 is 10.1 Å². The summed E-state index contributed by atoms with van der Waals surface area (Å²) in [7, 11) is 0. The third kappa shape index (κ3) is 4.71. The van der Waals surface area contributed by atoms with Crippen LogP contribution in [-0.2, 0) is 0 Å². The number of hydrogen-bond donors (Lipinski definition) is 1. The summed E-state index contributed by atoms with van der Waals surface area (Å²) in [4.78, 5) is 15.2. The molecule has 0 fully saturated rings. The van der Waals surface area contributed by atoms with Gasteiger partial charge in [0.05, 0.1) is 11.7 Å². The molecular formula is C19H30N2O2. The minimum atomic E-state index is -0.109. The second-order valence-electron chi connectivity index (χ2n) is 7.27. The zero-order valence-electron chi connectivity index (χ0n) is 15.1. The van der Waals surface area contributed by atoms with Crippen LogP contribution in [0.5, 0.6) is 5.75 Å². The zero-order valence-corrected chi connectivity index (χ0v) is 15.1. The second-order valence-corrected chi connectivity index (χ2v) is 7.27. The Kier molecular flexibility index (Phi) is 6.05. The average Bonchev–Trinajstić information content (AvgIpc) is 2.51. The van der Waals surface area contributed by atoms with E-state index in [9.17, 15) is 4.79 Å². The summed E-state index contributed by atoms with van der Waals surface area (Å²) in [5, 5.41) is 3.30. The van der Waals surface area contributed by atoms with Crippen molar-refractivity contribution < 1.29 is 9.53 Å². The molecule has 1 N–H and O–H groups in total. The molecule has 0 spiro atoms. The van der Waals surface area contributed by atoms with Gasteiger partial charge in [0.2, 0.25) is 0 Å². The van der Waals surface area contributed by atoms with Crippen molar-refractivity contribution in [3.8, 4) is 5.75 Å². The summed E-state index contributed by atoms with van der Waals surface area (Å²) in [5.74, 6) is 2.10. The third-order valence-electron chi connectivity index (χ3n) is 4.07. The molecule has 4 heteroatoms. The molecule has 0 bridgehead atoms. The zero-order chi connectivity index (χ0) is 17.0. The van der Waals surface area contributed by atoms with E-state index in [4.69, 9.17) is 4.74 Å². The van der Waals surface area contributed by atoms with Gasteiger partial charge in [-0.25, -0.2) is 0 Å². The van der Waals surface area contributed by atoms with Crippen molar-refractivity contribution in [1.82, 2.24) is 4.90 Å². The summed E-state index contributed by atoms with van der Waals surface area (Å²) < 4.78 is 5.59. The molecule has 23 heavy (non-hydrogen) atoms. The van der Waals surface area contributed by atoms with E-state index in [0.717, 1.165) is 36.6 Å². The first kappa shape index (κ1) is 17.8. The van der Waals surface area contributed by atoms with E-state index in [1.165, 1.54) is 0 Å². The number of anilines is 1. The van der Waals surface area contributed by atoms with Gasteiger partial charge in [0.1, 0.15) is 12.4 Å². The summed E-state index contributed by atoms with van der Waals surface area (Å²) in [6.45, 7) is 14.2. The Morgan fingerprint density at radius 2 is 1.83 bits per heavy atom. The first-order valence-corrected chi connectivity index (χ1v) is 8.67. The molecule has 1 heterocycles. The van der Waals surface area contributed by atoms with Crippen LogP contribution >= 0.6 is 0 Å². The molecule has 128 valence electrons. The van der Waals surface area contributed by atoms with Crippen molar-refractivity contribution in [3.63, 3.8) is 0 Å². The molecule has 1 unspecified atom stereocenters. The largest absolute Gasteiger partial charge is 0.490 e. The normalized spacial score (nSPS) is 15.3. The van der Waals surface area contributed by atoms with Gasteiger partial charge in [0, 0.05) is 25.2 Å². The molecule has 4 nitrogen and oxygen atoms in total. The van der Waals surface area contributed by atoms with Crippen LogP contribution in [-0.4, -0.2) is 43.0 Å². The van der Waals surface area contributed by atoms with Crippen molar-refractivity contribution in [3.05, 3.63) is 23.8 Å². The molecule has 2 rings (SSSR count). The van der Waals surface area contributed by atoms with Crippen molar-refractivity contribution in [2.24, 2.45) is 11.8 Å². The molecule has 1 aliphatic rings. The van der Waals surface area contributed by atoms with Crippen LogP contribution in [0.25, 0.3) is 0 Å². The van der Waals surface area contributed by atoms with E-state index in [1.54, 1.807) is 0 Å². The summed E-state index contributed by atoms with van der Waals surface area (Å²) in [6, 6.07) is 5.60.